The third-order valence-corrected chi connectivity index (χ3v) is 6.58. The van der Waals surface area contributed by atoms with Crippen molar-refractivity contribution in [2.24, 2.45) is 0 Å². The third kappa shape index (κ3) is 7.56. The molecule has 0 aliphatic carbocycles. The molecular formula is C30H35N3O7. The van der Waals surface area contributed by atoms with Crippen molar-refractivity contribution >= 4 is 17.7 Å². The van der Waals surface area contributed by atoms with E-state index in [-0.39, 0.29) is 37.3 Å². The predicted octanol–water partition coefficient (Wildman–Crippen LogP) is 3.69. The maximum Gasteiger partial charge on any atom is 0.287 e. The van der Waals surface area contributed by atoms with Crippen LogP contribution in [0.3, 0.4) is 0 Å². The van der Waals surface area contributed by atoms with Gasteiger partial charge in [-0.3, -0.25) is 14.4 Å². The Labute approximate surface area is 233 Å². The maximum atomic E-state index is 13.0. The zero-order valence-electron chi connectivity index (χ0n) is 23.0. The monoisotopic (exact) mass is 549 g/mol. The van der Waals surface area contributed by atoms with E-state index in [1.54, 1.807) is 31.2 Å². The summed E-state index contributed by atoms with van der Waals surface area (Å²) in [4.78, 5) is 38.7. The lowest BCUT2D eigenvalue weighted by molar-refractivity contribution is -0.123. The van der Waals surface area contributed by atoms with Crippen LogP contribution in [0, 0.1) is 13.8 Å². The molecule has 0 unspecified atom stereocenters. The highest BCUT2D eigenvalue weighted by Crippen LogP contribution is 2.25. The van der Waals surface area contributed by atoms with E-state index in [1.165, 1.54) is 7.11 Å². The van der Waals surface area contributed by atoms with Gasteiger partial charge in [0.15, 0.2) is 5.76 Å². The van der Waals surface area contributed by atoms with Gasteiger partial charge in [-0.15, -0.1) is 0 Å². The van der Waals surface area contributed by atoms with Gasteiger partial charge in [0.1, 0.15) is 42.3 Å². The SMILES string of the molecule is COc1ccc2c(c1)OCCNC(=O)[C@@H](NC(=O)c1cc(COc3ccc(C)cc3)c(C)o1)CCCCNC2=O. The van der Waals surface area contributed by atoms with E-state index in [2.05, 4.69) is 16.0 Å². The lowest BCUT2D eigenvalue weighted by atomic mass is 10.1. The van der Waals surface area contributed by atoms with Crippen molar-refractivity contribution in [1.82, 2.24) is 16.0 Å². The van der Waals surface area contributed by atoms with E-state index < -0.39 is 11.9 Å². The Morgan fingerprint density at radius 3 is 2.55 bits per heavy atom. The number of methoxy groups -OCH3 is 1. The van der Waals surface area contributed by atoms with Gasteiger partial charge in [0.2, 0.25) is 5.91 Å². The van der Waals surface area contributed by atoms with Crippen molar-refractivity contribution in [2.45, 2.75) is 45.8 Å². The highest BCUT2D eigenvalue weighted by Gasteiger charge is 2.24. The number of benzene rings is 2. The molecule has 10 nitrogen and oxygen atoms in total. The van der Waals surface area contributed by atoms with Gasteiger partial charge in [0.25, 0.3) is 11.8 Å². The van der Waals surface area contributed by atoms with E-state index in [0.29, 0.717) is 48.6 Å². The van der Waals surface area contributed by atoms with Crippen LogP contribution in [0.15, 0.2) is 52.9 Å². The summed E-state index contributed by atoms with van der Waals surface area (Å²) in [7, 11) is 1.53. The van der Waals surface area contributed by atoms with E-state index in [0.717, 1.165) is 16.9 Å². The van der Waals surface area contributed by atoms with Crippen LogP contribution >= 0.6 is 0 Å². The summed E-state index contributed by atoms with van der Waals surface area (Å²) < 4.78 is 22.5. The Hall–Kier alpha value is -4.47. The fourth-order valence-corrected chi connectivity index (χ4v) is 4.23. The summed E-state index contributed by atoms with van der Waals surface area (Å²) >= 11 is 0. The molecule has 0 fully saturated rings. The van der Waals surface area contributed by atoms with Crippen LogP contribution in [0.4, 0.5) is 0 Å². The first-order valence-corrected chi connectivity index (χ1v) is 13.3. The molecule has 40 heavy (non-hydrogen) atoms. The minimum Gasteiger partial charge on any atom is -0.497 e. The second kappa shape index (κ2) is 13.5. The average molecular weight is 550 g/mol. The summed E-state index contributed by atoms with van der Waals surface area (Å²) in [6.45, 7) is 4.74. The number of fused-ring (bicyclic) bond motifs is 1. The second-order valence-corrected chi connectivity index (χ2v) is 9.57. The molecular weight excluding hydrogens is 514 g/mol. The van der Waals surface area contributed by atoms with Crippen LogP contribution in [0.25, 0.3) is 0 Å². The quantitative estimate of drug-likeness (QED) is 0.428. The van der Waals surface area contributed by atoms with Gasteiger partial charge < -0.3 is 34.6 Å². The number of furan rings is 1. The highest BCUT2D eigenvalue weighted by molar-refractivity contribution is 5.97. The molecule has 3 amide bonds. The molecule has 1 atom stereocenters. The van der Waals surface area contributed by atoms with Crippen molar-refractivity contribution in [3.8, 4) is 17.2 Å². The number of carbonyl (C=O) groups is 3. The first kappa shape index (κ1) is 28.5. The van der Waals surface area contributed by atoms with Crippen LogP contribution in [0.2, 0.25) is 0 Å². The van der Waals surface area contributed by atoms with Crippen molar-refractivity contribution in [3.05, 3.63) is 76.7 Å². The summed E-state index contributed by atoms with van der Waals surface area (Å²) in [5.74, 6) is 1.24. The van der Waals surface area contributed by atoms with Gasteiger partial charge >= 0.3 is 0 Å². The largest absolute Gasteiger partial charge is 0.497 e. The van der Waals surface area contributed by atoms with Crippen LogP contribution in [-0.2, 0) is 11.4 Å². The number of aryl methyl sites for hydroxylation is 2. The zero-order chi connectivity index (χ0) is 28.5. The lowest BCUT2D eigenvalue weighted by Crippen LogP contribution is -2.47. The minimum atomic E-state index is -0.781. The molecule has 1 aliphatic heterocycles. The number of carbonyl (C=O) groups excluding carboxylic acids is 3. The van der Waals surface area contributed by atoms with E-state index in [1.807, 2.05) is 31.2 Å². The molecule has 2 heterocycles. The molecule has 4 rings (SSSR count). The van der Waals surface area contributed by atoms with Gasteiger partial charge in [-0.05, 0) is 63.4 Å². The summed E-state index contributed by atoms with van der Waals surface area (Å²) in [6.07, 6.45) is 1.63. The normalized spacial score (nSPS) is 16.4. The Kier molecular flexibility index (Phi) is 9.66. The van der Waals surface area contributed by atoms with Crippen molar-refractivity contribution in [2.75, 3.05) is 26.8 Å². The smallest absolute Gasteiger partial charge is 0.287 e. The number of ether oxygens (including phenoxy) is 3. The van der Waals surface area contributed by atoms with Crippen LogP contribution in [0.1, 0.15) is 57.1 Å². The molecule has 0 saturated heterocycles. The van der Waals surface area contributed by atoms with Gasteiger partial charge in [-0.2, -0.15) is 0 Å². The molecule has 1 aliphatic rings. The van der Waals surface area contributed by atoms with Crippen LogP contribution in [-0.4, -0.2) is 50.6 Å². The maximum absolute atomic E-state index is 13.0. The molecule has 0 bridgehead atoms. The predicted molar refractivity (Wildman–Crippen MR) is 148 cm³/mol. The molecule has 0 spiro atoms. The molecule has 2 aromatic carbocycles. The number of hydrogen-bond donors (Lipinski definition) is 3. The second-order valence-electron chi connectivity index (χ2n) is 9.57. The topological polar surface area (TPSA) is 128 Å². The number of hydrogen-bond acceptors (Lipinski definition) is 7. The van der Waals surface area contributed by atoms with Crippen LogP contribution in [0.5, 0.6) is 17.2 Å². The van der Waals surface area contributed by atoms with Crippen molar-refractivity contribution in [3.63, 3.8) is 0 Å². The fraction of sp³-hybridized carbons (Fsp3) is 0.367. The third-order valence-electron chi connectivity index (χ3n) is 6.58. The van der Waals surface area contributed by atoms with Gasteiger partial charge in [0, 0.05) is 18.2 Å². The Bertz CT molecular complexity index is 1330. The first-order chi connectivity index (χ1) is 19.3. The van der Waals surface area contributed by atoms with E-state index >= 15 is 0 Å². The molecule has 3 N–H and O–H groups in total. The molecule has 0 saturated carbocycles. The molecule has 212 valence electrons. The first-order valence-electron chi connectivity index (χ1n) is 13.3. The summed E-state index contributed by atoms with van der Waals surface area (Å²) in [6, 6.07) is 13.5. The zero-order valence-corrected chi connectivity index (χ0v) is 23.0. The van der Waals surface area contributed by atoms with Crippen LogP contribution < -0.4 is 30.2 Å². The van der Waals surface area contributed by atoms with Crippen molar-refractivity contribution in [1.29, 1.82) is 0 Å². The lowest BCUT2D eigenvalue weighted by Gasteiger charge is -2.19. The summed E-state index contributed by atoms with van der Waals surface area (Å²) in [5.41, 5.74) is 2.27. The number of amides is 3. The number of rotatable bonds is 6. The van der Waals surface area contributed by atoms with Crippen molar-refractivity contribution < 1.29 is 33.0 Å². The minimum absolute atomic E-state index is 0.105. The average Bonchev–Trinajstić information content (AvgIpc) is 3.33. The molecule has 3 aromatic rings. The Morgan fingerprint density at radius 1 is 1.00 bits per heavy atom. The Morgan fingerprint density at radius 2 is 1.77 bits per heavy atom. The number of nitrogens with one attached hydrogen (secondary N) is 3. The Balaban J connectivity index is 1.38. The fourth-order valence-electron chi connectivity index (χ4n) is 4.23. The summed E-state index contributed by atoms with van der Waals surface area (Å²) in [5, 5.41) is 8.49. The van der Waals surface area contributed by atoms with E-state index in [4.69, 9.17) is 18.6 Å². The molecule has 10 heteroatoms. The van der Waals surface area contributed by atoms with Gasteiger partial charge in [-0.25, -0.2) is 0 Å². The highest BCUT2D eigenvalue weighted by atomic mass is 16.5. The molecule has 1 aromatic heterocycles. The van der Waals surface area contributed by atoms with Gasteiger partial charge in [0.05, 0.1) is 19.2 Å². The van der Waals surface area contributed by atoms with Gasteiger partial charge in [-0.1, -0.05) is 17.7 Å². The molecule has 0 radical (unpaired) electrons. The van der Waals surface area contributed by atoms with E-state index in [9.17, 15) is 14.4 Å². The standard InChI is InChI=1S/C30H35N3O7/c1-19-7-9-22(10-8-19)39-18-21-16-27(40-20(21)2)30(36)33-25-6-4-5-13-31-28(34)24-12-11-23(37-3)17-26(24)38-15-14-32-29(25)35/h7-12,16-17,25H,4-6,13-15,18H2,1-3H3,(H,31,34)(H,32,35)(H,33,36)/t25-/m0/s1.